The van der Waals surface area contributed by atoms with Gasteiger partial charge in [0.25, 0.3) is 11.7 Å². The van der Waals surface area contributed by atoms with Crippen LogP contribution in [-0.2, 0) is 20.9 Å². The van der Waals surface area contributed by atoms with Gasteiger partial charge < -0.3 is 19.5 Å². The number of esters is 1. The van der Waals surface area contributed by atoms with Gasteiger partial charge in [0.05, 0.1) is 30.4 Å². The zero-order valence-corrected chi connectivity index (χ0v) is 22.5. The molecule has 3 aromatic rings. The molecule has 1 N–H and O–H groups in total. The van der Waals surface area contributed by atoms with Gasteiger partial charge in [-0.1, -0.05) is 32.0 Å². The highest BCUT2D eigenvalue weighted by atomic mass is 16.5. The maximum atomic E-state index is 13.3. The largest absolute Gasteiger partial charge is 0.507 e. The molecule has 1 aliphatic heterocycles. The van der Waals surface area contributed by atoms with Gasteiger partial charge in [0.15, 0.2) is 0 Å². The predicted octanol–water partition coefficient (Wildman–Crippen LogP) is 5.22. The number of aryl methyl sites for hydroxylation is 1. The lowest BCUT2D eigenvalue weighted by Gasteiger charge is -2.25. The molecule has 39 heavy (non-hydrogen) atoms. The highest BCUT2D eigenvalue weighted by molar-refractivity contribution is 6.46. The Bertz CT molecular complexity index is 1400. The zero-order valence-electron chi connectivity index (χ0n) is 22.5. The van der Waals surface area contributed by atoms with E-state index in [-0.39, 0.29) is 24.5 Å². The molecule has 202 valence electrons. The number of pyridine rings is 1. The minimum atomic E-state index is -0.847. The fraction of sp³-hybridized carbons (Fsp3) is 0.290. The second kappa shape index (κ2) is 11.9. The van der Waals surface area contributed by atoms with Gasteiger partial charge in [0.2, 0.25) is 0 Å². The number of ether oxygens (including phenoxy) is 2. The van der Waals surface area contributed by atoms with Crippen LogP contribution in [0.3, 0.4) is 0 Å². The number of amides is 1. The van der Waals surface area contributed by atoms with Gasteiger partial charge >= 0.3 is 5.97 Å². The molecule has 1 amide bonds. The lowest BCUT2D eigenvalue weighted by atomic mass is 9.95. The second-order valence-electron chi connectivity index (χ2n) is 9.82. The number of likely N-dealkylation sites (tertiary alicyclic amines) is 1. The van der Waals surface area contributed by atoms with E-state index in [0.717, 1.165) is 5.56 Å². The molecule has 0 spiro atoms. The van der Waals surface area contributed by atoms with Crippen LogP contribution in [0.1, 0.15) is 59.4 Å². The summed E-state index contributed by atoms with van der Waals surface area (Å²) in [5.74, 6) is -1.16. The lowest BCUT2D eigenvalue weighted by Crippen LogP contribution is -2.29. The van der Waals surface area contributed by atoms with Crippen molar-refractivity contribution in [3.63, 3.8) is 0 Å². The first-order chi connectivity index (χ1) is 18.7. The first-order valence-corrected chi connectivity index (χ1v) is 12.9. The van der Waals surface area contributed by atoms with Gasteiger partial charge in [0.1, 0.15) is 11.5 Å². The molecule has 0 saturated carbocycles. The quantitative estimate of drug-likeness (QED) is 0.176. The summed E-state index contributed by atoms with van der Waals surface area (Å²) in [5.41, 5.74) is 2.90. The van der Waals surface area contributed by atoms with Crippen LogP contribution in [0.15, 0.2) is 72.6 Å². The van der Waals surface area contributed by atoms with Crippen molar-refractivity contribution >= 4 is 23.4 Å². The summed E-state index contributed by atoms with van der Waals surface area (Å²) in [5, 5.41) is 11.4. The number of aliphatic hydroxyl groups is 1. The minimum Gasteiger partial charge on any atom is -0.507 e. The Morgan fingerprint density at radius 1 is 1.08 bits per heavy atom. The molecule has 0 aliphatic carbocycles. The van der Waals surface area contributed by atoms with E-state index >= 15 is 0 Å². The highest BCUT2D eigenvalue weighted by Crippen LogP contribution is 2.40. The molecule has 1 saturated heterocycles. The maximum absolute atomic E-state index is 13.3. The second-order valence-corrected chi connectivity index (χ2v) is 9.82. The number of hydrogen-bond donors (Lipinski definition) is 1. The Balaban J connectivity index is 1.71. The summed E-state index contributed by atoms with van der Waals surface area (Å²) in [7, 11) is 0. The first-order valence-electron chi connectivity index (χ1n) is 12.9. The van der Waals surface area contributed by atoms with E-state index < -0.39 is 23.7 Å². The summed E-state index contributed by atoms with van der Waals surface area (Å²) < 4.78 is 10.9. The molecular formula is C31H32N2O6. The molecule has 8 heteroatoms. The fourth-order valence-electron chi connectivity index (χ4n) is 4.46. The SMILES string of the molecule is CCOC(=O)c1ccc(CN2C(=O)C(=O)/C(=C(\O)c3ccc(OCC(C)C)c(C)c3)C2c2cccnc2)cc1. The molecule has 4 rings (SSSR count). The van der Waals surface area contributed by atoms with Crippen LogP contribution < -0.4 is 4.74 Å². The van der Waals surface area contributed by atoms with E-state index in [0.29, 0.717) is 40.5 Å². The number of Topliss-reactive ketones (excluding diaryl/α,β-unsaturated/α-hetero) is 1. The Labute approximate surface area is 227 Å². The Hall–Kier alpha value is -4.46. The van der Waals surface area contributed by atoms with Crippen LogP contribution in [-0.4, -0.2) is 45.9 Å². The molecule has 2 aromatic carbocycles. The molecule has 1 aliphatic rings. The molecule has 1 fully saturated rings. The van der Waals surface area contributed by atoms with Gasteiger partial charge in [0, 0.05) is 24.5 Å². The molecule has 1 unspecified atom stereocenters. The molecular weight excluding hydrogens is 496 g/mol. The highest BCUT2D eigenvalue weighted by Gasteiger charge is 2.46. The number of aliphatic hydroxyl groups excluding tert-OH is 1. The molecule has 1 aromatic heterocycles. The van der Waals surface area contributed by atoms with Gasteiger partial charge in [-0.2, -0.15) is 0 Å². The lowest BCUT2D eigenvalue weighted by molar-refractivity contribution is -0.140. The molecule has 0 bridgehead atoms. The van der Waals surface area contributed by atoms with E-state index in [1.807, 2.05) is 6.92 Å². The Morgan fingerprint density at radius 3 is 2.41 bits per heavy atom. The van der Waals surface area contributed by atoms with E-state index in [4.69, 9.17) is 9.47 Å². The normalized spacial score (nSPS) is 16.5. The number of hydrogen-bond acceptors (Lipinski definition) is 7. The Kier molecular flexibility index (Phi) is 8.44. The van der Waals surface area contributed by atoms with Gasteiger partial charge in [-0.25, -0.2) is 4.79 Å². The van der Waals surface area contributed by atoms with E-state index in [9.17, 15) is 19.5 Å². The van der Waals surface area contributed by atoms with Crippen LogP contribution >= 0.6 is 0 Å². The summed E-state index contributed by atoms with van der Waals surface area (Å²) >= 11 is 0. The van der Waals surface area contributed by atoms with Crippen LogP contribution in [0.2, 0.25) is 0 Å². The summed E-state index contributed by atoms with van der Waals surface area (Å²) in [6.45, 7) is 8.62. The van der Waals surface area contributed by atoms with Crippen molar-refractivity contribution in [3.05, 3.63) is 100 Å². The maximum Gasteiger partial charge on any atom is 0.338 e. The van der Waals surface area contributed by atoms with Crippen molar-refractivity contribution in [1.82, 2.24) is 9.88 Å². The Morgan fingerprint density at radius 2 is 1.79 bits per heavy atom. The molecule has 1 atom stereocenters. The van der Waals surface area contributed by atoms with Crippen molar-refractivity contribution in [2.75, 3.05) is 13.2 Å². The monoisotopic (exact) mass is 528 g/mol. The number of aromatic nitrogens is 1. The topological polar surface area (TPSA) is 106 Å². The average molecular weight is 529 g/mol. The first kappa shape index (κ1) is 27.6. The van der Waals surface area contributed by atoms with Crippen molar-refractivity contribution in [1.29, 1.82) is 0 Å². The van der Waals surface area contributed by atoms with E-state index in [1.54, 1.807) is 73.9 Å². The smallest absolute Gasteiger partial charge is 0.338 e. The van der Waals surface area contributed by atoms with Crippen LogP contribution in [0.5, 0.6) is 5.75 Å². The fourth-order valence-corrected chi connectivity index (χ4v) is 4.46. The van der Waals surface area contributed by atoms with Crippen molar-refractivity contribution in [2.24, 2.45) is 5.92 Å². The zero-order chi connectivity index (χ0) is 28.1. The predicted molar refractivity (Wildman–Crippen MR) is 146 cm³/mol. The number of ketones is 1. The molecule has 0 radical (unpaired) electrons. The van der Waals surface area contributed by atoms with Crippen molar-refractivity contribution < 1.29 is 29.0 Å². The number of carbonyl (C=O) groups is 3. The average Bonchev–Trinajstić information content (AvgIpc) is 3.17. The molecule has 8 nitrogen and oxygen atoms in total. The van der Waals surface area contributed by atoms with Crippen LogP contribution in [0.4, 0.5) is 0 Å². The van der Waals surface area contributed by atoms with E-state index in [1.165, 1.54) is 4.90 Å². The summed E-state index contributed by atoms with van der Waals surface area (Å²) in [6, 6.07) is 14.5. The van der Waals surface area contributed by atoms with Crippen LogP contribution in [0, 0.1) is 12.8 Å². The number of nitrogens with zero attached hydrogens (tertiary/aromatic N) is 2. The third-order valence-corrected chi connectivity index (χ3v) is 6.38. The standard InChI is InChI=1S/C31H32N2O6/c1-5-38-31(37)22-10-8-21(9-11-22)17-33-27(24-7-6-14-32-16-24)26(29(35)30(33)36)28(34)23-12-13-25(20(4)15-23)39-18-19(2)3/h6-16,19,27,34H,5,17-18H2,1-4H3/b28-26-. The van der Waals surface area contributed by atoms with Crippen molar-refractivity contribution in [2.45, 2.75) is 40.3 Å². The minimum absolute atomic E-state index is 0.00797. The number of carbonyl (C=O) groups excluding carboxylic acids is 3. The van der Waals surface area contributed by atoms with Gasteiger partial charge in [-0.3, -0.25) is 14.6 Å². The molecule has 2 heterocycles. The summed E-state index contributed by atoms with van der Waals surface area (Å²) in [4.78, 5) is 44.2. The third-order valence-electron chi connectivity index (χ3n) is 6.38. The van der Waals surface area contributed by atoms with Crippen molar-refractivity contribution in [3.8, 4) is 5.75 Å². The van der Waals surface area contributed by atoms with E-state index in [2.05, 4.69) is 18.8 Å². The third kappa shape index (κ3) is 6.00. The number of rotatable bonds is 9. The van der Waals surface area contributed by atoms with Crippen LogP contribution in [0.25, 0.3) is 5.76 Å². The summed E-state index contributed by atoms with van der Waals surface area (Å²) in [6.07, 6.45) is 3.18. The number of benzene rings is 2. The van der Waals surface area contributed by atoms with Gasteiger partial charge in [-0.05, 0) is 72.9 Å². The van der Waals surface area contributed by atoms with Gasteiger partial charge in [-0.15, -0.1) is 0 Å².